The van der Waals surface area contributed by atoms with E-state index in [0.29, 0.717) is 30.3 Å². The fourth-order valence-corrected chi connectivity index (χ4v) is 5.51. The second kappa shape index (κ2) is 8.59. The number of carbonyl (C=O) groups is 3. The summed E-state index contributed by atoms with van der Waals surface area (Å²) in [5.74, 6) is 0.00834. The Morgan fingerprint density at radius 2 is 1.61 bits per heavy atom. The number of benzene rings is 2. The second-order valence-electron chi connectivity index (χ2n) is 8.79. The first kappa shape index (κ1) is 21.6. The molecule has 3 aromatic rings. The molecule has 0 atom stereocenters. The van der Waals surface area contributed by atoms with E-state index < -0.39 is 0 Å². The number of fused-ring (bicyclic) bond motifs is 1. The van der Waals surface area contributed by atoms with Gasteiger partial charge in [0.15, 0.2) is 5.13 Å². The predicted molar refractivity (Wildman–Crippen MR) is 130 cm³/mol. The number of carbonyl (C=O) groups excluding carboxylic acids is 3. The number of hydrogen-bond donors (Lipinski definition) is 0. The Bertz CT molecular complexity index is 1210. The van der Waals surface area contributed by atoms with Gasteiger partial charge in [-0.25, -0.2) is 4.98 Å². The number of nitrogens with zero attached hydrogens (tertiary/aromatic N) is 4. The van der Waals surface area contributed by atoms with Crippen LogP contribution < -0.4 is 9.80 Å². The monoisotopic (exact) mass is 462 g/mol. The number of aromatic nitrogens is 1. The maximum Gasteiger partial charge on any atom is 0.253 e. The van der Waals surface area contributed by atoms with Gasteiger partial charge in [0.2, 0.25) is 11.8 Å². The van der Waals surface area contributed by atoms with Crippen molar-refractivity contribution in [2.75, 3.05) is 36.0 Å². The van der Waals surface area contributed by atoms with Crippen LogP contribution in [0.15, 0.2) is 42.5 Å². The van der Waals surface area contributed by atoms with Crippen molar-refractivity contribution in [1.82, 2.24) is 9.88 Å². The zero-order valence-corrected chi connectivity index (χ0v) is 19.6. The van der Waals surface area contributed by atoms with E-state index in [4.69, 9.17) is 4.98 Å². The van der Waals surface area contributed by atoms with Crippen LogP contribution in [0.1, 0.15) is 48.5 Å². The normalized spacial score (nSPS) is 17.0. The minimum Gasteiger partial charge on any atom is -0.345 e. The summed E-state index contributed by atoms with van der Waals surface area (Å²) in [5.41, 5.74) is 3.44. The maximum atomic E-state index is 13.0. The molecular weight excluding hydrogens is 436 g/mol. The van der Waals surface area contributed by atoms with E-state index >= 15 is 0 Å². The highest BCUT2D eigenvalue weighted by atomic mass is 32.1. The molecule has 2 fully saturated rings. The number of anilines is 2. The molecule has 2 aromatic carbocycles. The van der Waals surface area contributed by atoms with Crippen molar-refractivity contribution in [2.45, 2.75) is 32.6 Å². The van der Waals surface area contributed by atoms with Crippen LogP contribution >= 0.6 is 11.3 Å². The molecule has 3 heterocycles. The lowest BCUT2D eigenvalue weighted by Crippen LogP contribution is -2.48. The van der Waals surface area contributed by atoms with Crippen LogP contribution in [0.4, 0.5) is 10.8 Å². The largest absolute Gasteiger partial charge is 0.345 e. The van der Waals surface area contributed by atoms with Crippen molar-refractivity contribution in [3.8, 4) is 0 Å². The number of para-hydroxylation sites is 1. The molecule has 2 saturated heterocycles. The van der Waals surface area contributed by atoms with Crippen LogP contribution in [0.3, 0.4) is 0 Å². The Morgan fingerprint density at radius 1 is 0.939 bits per heavy atom. The summed E-state index contributed by atoms with van der Waals surface area (Å²) in [6.45, 7) is 7.08. The smallest absolute Gasteiger partial charge is 0.253 e. The van der Waals surface area contributed by atoms with Crippen LogP contribution in [0.5, 0.6) is 0 Å². The highest BCUT2D eigenvalue weighted by Crippen LogP contribution is 2.34. The molecule has 1 aromatic heterocycles. The Kier molecular flexibility index (Phi) is 5.62. The Hall–Kier alpha value is -3.26. The third kappa shape index (κ3) is 3.99. The SMILES string of the molecule is CC(C)c1cccc2sc(N3CCN(C(=O)c4ccc(N5C(=O)CCC5=O)cc4)CC3)nc12. The maximum absolute atomic E-state index is 13.0. The van der Waals surface area contributed by atoms with E-state index in [2.05, 4.69) is 36.9 Å². The van der Waals surface area contributed by atoms with Crippen LogP contribution in [-0.2, 0) is 9.59 Å². The van der Waals surface area contributed by atoms with Gasteiger partial charge in [0.1, 0.15) is 0 Å². The number of amides is 3. The summed E-state index contributed by atoms with van der Waals surface area (Å²) < 4.78 is 1.20. The lowest BCUT2D eigenvalue weighted by Gasteiger charge is -2.34. The molecule has 2 aliphatic heterocycles. The lowest BCUT2D eigenvalue weighted by molar-refractivity contribution is -0.121. The summed E-state index contributed by atoms with van der Waals surface area (Å²) in [7, 11) is 0. The molecule has 2 aliphatic rings. The molecule has 0 aliphatic carbocycles. The molecule has 0 radical (unpaired) electrons. The summed E-state index contributed by atoms with van der Waals surface area (Å²) in [4.78, 5) is 47.1. The van der Waals surface area contributed by atoms with Crippen LogP contribution in [-0.4, -0.2) is 53.8 Å². The Labute approximate surface area is 196 Å². The molecule has 0 bridgehead atoms. The molecule has 7 nitrogen and oxygen atoms in total. The summed E-state index contributed by atoms with van der Waals surface area (Å²) >= 11 is 1.71. The molecule has 0 saturated carbocycles. The van der Waals surface area contributed by atoms with E-state index in [1.54, 1.807) is 35.6 Å². The van der Waals surface area contributed by atoms with E-state index in [-0.39, 0.29) is 30.6 Å². The molecular formula is C25H26N4O3S. The predicted octanol–water partition coefficient (Wildman–Crippen LogP) is 4.04. The second-order valence-corrected chi connectivity index (χ2v) is 9.80. The summed E-state index contributed by atoms with van der Waals surface area (Å²) in [6, 6.07) is 13.1. The van der Waals surface area contributed by atoms with Crippen LogP contribution in [0.2, 0.25) is 0 Å². The summed E-state index contributed by atoms with van der Waals surface area (Å²) in [6.07, 6.45) is 0.495. The molecule has 0 unspecified atom stereocenters. The first-order valence-electron chi connectivity index (χ1n) is 11.3. The topological polar surface area (TPSA) is 73.8 Å². The van der Waals surface area contributed by atoms with Crippen molar-refractivity contribution in [2.24, 2.45) is 0 Å². The zero-order valence-electron chi connectivity index (χ0n) is 18.8. The molecule has 8 heteroatoms. The molecule has 3 amide bonds. The fraction of sp³-hybridized carbons (Fsp3) is 0.360. The highest BCUT2D eigenvalue weighted by molar-refractivity contribution is 7.22. The number of piperazine rings is 1. The minimum absolute atomic E-state index is 0.0355. The third-order valence-corrected chi connectivity index (χ3v) is 7.40. The van der Waals surface area contributed by atoms with Crippen molar-refractivity contribution < 1.29 is 14.4 Å². The first-order valence-corrected chi connectivity index (χ1v) is 12.1. The van der Waals surface area contributed by atoms with E-state index in [1.165, 1.54) is 15.2 Å². The van der Waals surface area contributed by atoms with E-state index in [9.17, 15) is 14.4 Å². The van der Waals surface area contributed by atoms with Crippen molar-refractivity contribution in [1.29, 1.82) is 0 Å². The molecule has 33 heavy (non-hydrogen) atoms. The third-order valence-electron chi connectivity index (χ3n) is 6.32. The molecule has 5 rings (SSSR count). The average molecular weight is 463 g/mol. The van der Waals surface area contributed by atoms with Gasteiger partial charge in [-0.15, -0.1) is 0 Å². The Balaban J connectivity index is 1.25. The standard InChI is InChI=1S/C25H26N4O3S/c1-16(2)19-4-3-5-20-23(19)26-25(33-20)28-14-12-27(13-15-28)24(32)17-6-8-18(9-7-17)29-21(30)10-11-22(29)31/h3-9,16H,10-15H2,1-2H3. The number of thiazole rings is 1. The van der Waals surface area contributed by atoms with Crippen molar-refractivity contribution in [3.05, 3.63) is 53.6 Å². The van der Waals surface area contributed by atoms with Gasteiger partial charge < -0.3 is 9.80 Å². The fourth-order valence-electron chi connectivity index (χ4n) is 4.46. The quantitative estimate of drug-likeness (QED) is 0.547. The van der Waals surface area contributed by atoms with Gasteiger partial charge in [0.25, 0.3) is 5.91 Å². The minimum atomic E-state index is -0.189. The summed E-state index contributed by atoms with van der Waals surface area (Å²) in [5, 5.41) is 1.01. The Morgan fingerprint density at radius 3 is 2.24 bits per heavy atom. The molecule has 0 N–H and O–H groups in total. The number of hydrogen-bond acceptors (Lipinski definition) is 6. The van der Waals surface area contributed by atoms with Gasteiger partial charge in [-0.2, -0.15) is 0 Å². The number of rotatable bonds is 4. The van der Waals surface area contributed by atoms with Crippen LogP contribution in [0, 0.1) is 0 Å². The van der Waals surface area contributed by atoms with Gasteiger partial charge in [-0.05, 0) is 41.8 Å². The van der Waals surface area contributed by atoms with E-state index in [0.717, 1.165) is 23.7 Å². The van der Waals surface area contributed by atoms with E-state index in [1.807, 2.05) is 4.90 Å². The molecule has 170 valence electrons. The number of imide groups is 1. The van der Waals surface area contributed by atoms with Gasteiger partial charge in [0, 0.05) is 44.6 Å². The van der Waals surface area contributed by atoms with Crippen molar-refractivity contribution >= 4 is 50.1 Å². The van der Waals surface area contributed by atoms with Gasteiger partial charge in [0.05, 0.1) is 15.9 Å². The van der Waals surface area contributed by atoms with Crippen molar-refractivity contribution in [3.63, 3.8) is 0 Å². The van der Waals surface area contributed by atoms with Gasteiger partial charge >= 0.3 is 0 Å². The van der Waals surface area contributed by atoms with Gasteiger partial charge in [-0.1, -0.05) is 37.3 Å². The van der Waals surface area contributed by atoms with Crippen LogP contribution in [0.25, 0.3) is 10.2 Å². The zero-order chi connectivity index (χ0) is 23.1. The average Bonchev–Trinajstić information content (AvgIpc) is 3.41. The first-order chi connectivity index (χ1) is 15.9. The van der Waals surface area contributed by atoms with Gasteiger partial charge in [-0.3, -0.25) is 19.3 Å². The lowest BCUT2D eigenvalue weighted by atomic mass is 10.0. The molecule has 0 spiro atoms. The highest BCUT2D eigenvalue weighted by Gasteiger charge is 2.30.